The molecule has 2 rings (SSSR count). The molecule has 2 N–H and O–H groups in total. The summed E-state index contributed by atoms with van der Waals surface area (Å²) in [7, 11) is 0. The first-order valence-corrected chi connectivity index (χ1v) is 6.45. The summed E-state index contributed by atoms with van der Waals surface area (Å²) in [4.78, 5) is 15.0. The zero-order valence-corrected chi connectivity index (χ0v) is 10.8. The van der Waals surface area contributed by atoms with Gasteiger partial charge >= 0.3 is 5.97 Å². The molecule has 18 heavy (non-hydrogen) atoms. The predicted octanol–water partition coefficient (Wildman–Crippen LogP) is 2.80. The van der Waals surface area contributed by atoms with Crippen LogP contribution in [0.4, 0.5) is 5.13 Å². The Balaban J connectivity index is 1.84. The van der Waals surface area contributed by atoms with Crippen molar-refractivity contribution in [1.82, 2.24) is 4.98 Å². The molecule has 94 valence electrons. The van der Waals surface area contributed by atoms with E-state index in [1.807, 2.05) is 0 Å². The lowest BCUT2D eigenvalue weighted by molar-refractivity contribution is 0.0702. The topological polar surface area (TPSA) is 62.2 Å². The van der Waals surface area contributed by atoms with Gasteiger partial charge in [-0.15, -0.1) is 0 Å². The number of aromatic nitrogens is 1. The van der Waals surface area contributed by atoms with Crippen molar-refractivity contribution in [1.29, 1.82) is 0 Å². The maximum atomic E-state index is 10.7. The average Bonchev–Trinajstić information content (AvgIpc) is 2.81. The van der Waals surface area contributed by atoms with Crippen LogP contribution in [0.5, 0.6) is 0 Å². The van der Waals surface area contributed by atoms with Gasteiger partial charge in [-0.05, 0) is 18.9 Å². The first kappa shape index (κ1) is 12.6. The van der Waals surface area contributed by atoms with Gasteiger partial charge in [-0.3, -0.25) is 0 Å². The third-order valence-electron chi connectivity index (χ3n) is 2.53. The van der Waals surface area contributed by atoms with Crippen LogP contribution in [0.1, 0.15) is 20.8 Å². The van der Waals surface area contributed by atoms with E-state index >= 15 is 0 Å². The fraction of sp³-hybridized carbons (Fsp3) is 0.231. The second kappa shape index (κ2) is 5.64. The molecule has 0 spiro atoms. The van der Waals surface area contributed by atoms with Gasteiger partial charge in [0, 0.05) is 6.54 Å². The van der Waals surface area contributed by atoms with Crippen molar-refractivity contribution in [3.63, 3.8) is 0 Å². The molecule has 0 aliphatic heterocycles. The van der Waals surface area contributed by atoms with Crippen LogP contribution in [0.25, 0.3) is 0 Å². The Labute approximate surface area is 109 Å². The SMILES string of the molecule is Cc1ccc(CCNc2ncc(C(=O)O)s2)cc1. The average molecular weight is 262 g/mol. The lowest BCUT2D eigenvalue weighted by Gasteiger charge is -2.03. The Kier molecular flexibility index (Phi) is 3.94. The highest BCUT2D eigenvalue weighted by molar-refractivity contribution is 7.17. The van der Waals surface area contributed by atoms with Crippen LogP contribution in [0.2, 0.25) is 0 Å². The molecular weight excluding hydrogens is 248 g/mol. The number of nitrogens with one attached hydrogen (secondary N) is 1. The molecule has 0 amide bonds. The van der Waals surface area contributed by atoms with Gasteiger partial charge in [0.05, 0.1) is 6.20 Å². The van der Waals surface area contributed by atoms with E-state index in [0.717, 1.165) is 24.3 Å². The molecular formula is C13H14N2O2S. The minimum absolute atomic E-state index is 0.257. The Morgan fingerprint density at radius 1 is 1.39 bits per heavy atom. The molecule has 0 atom stereocenters. The van der Waals surface area contributed by atoms with Crippen LogP contribution < -0.4 is 5.32 Å². The minimum Gasteiger partial charge on any atom is -0.477 e. The maximum absolute atomic E-state index is 10.7. The van der Waals surface area contributed by atoms with Crippen molar-refractivity contribution in [2.75, 3.05) is 11.9 Å². The predicted molar refractivity (Wildman–Crippen MR) is 72.4 cm³/mol. The van der Waals surface area contributed by atoms with Crippen molar-refractivity contribution in [3.05, 3.63) is 46.5 Å². The van der Waals surface area contributed by atoms with Crippen LogP contribution >= 0.6 is 11.3 Å². The normalized spacial score (nSPS) is 10.3. The number of rotatable bonds is 5. The van der Waals surface area contributed by atoms with Gasteiger partial charge < -0.3 is 10.4 Å². The van der Waals surface area contributed by atoms with Crippen LogP contribution in [0.15, 0.2) is 30.5 Å². The summed E-state index contributed by atoms with van der Waals surface area (Å²) in [6.45, 7) is 2.81. The fourth-order valence-electron chi connectivity index (χ4n) is 1.52. The molecule has 1 aromatic carbocycles. The van der Waals surface area contributed by atoms with E-state index in [0.29, 0.717) is 5.13 Å². The zero-order valence-electron chi connectivity index (χ0n) is 10.0. The number of carboxylic acid groups (broad SMARTS) is 1. The van der Waals surface area contributed by atoms with E-state index in [4.69, 9.17) is 5.11 Å². The van der Waals surface area contributed by atoms with E-state index < -0.39 is 5.97 Å². The second-order valence-electron chi connectivity index (χ2n) is 4.00. The van der Waals surface area contributed by atoms with Crippen LogP contribution in [0, 0.1) is 6.92 Å². The third kappa shape index (κ3) is 3.30. The molecule has 0 aliphatic rings. The largest absolute Gasteiger partial charge is 0.477 e. The van der Waals surface area contributed by atoms with Gasteiger partial charge in [0.1, 0.15) is 4.88 Å². The van der Waals surface area contributed by atoms with Crippen molar-refractivity contribution in [2.24, 2.45) is 0 Å². The molecule has 0 unspecified atom stereocenters. The molecule has 4 nitrogen and oxygen atoms in total. The molecule has 0 saturated carbocycles. The standard InChI is InChI=1S/C13H14N2O2S/c1-9-2-4-10(5-3-9)6-7-14-13-15-8-11(18-13)12(16)17/h2-5,8H,6-7H2,1H3,(H,14,15)(H,16,17). The number of aromatic carboxylic acids is 1. The van der Waals surface area contributed by atoms with Crippen LogP contribution in [-0.2, 0) is 6.42 Å². The smallest absolute Gasteiger partial charge is 0.347 e. The van der Waals surface area contributed by atoms with E-state index in [2.05, 4.69) is 41.5 Å². The van der Waals surface area contributed by atoms with E-state index in [1.165, 1.54) is 17.3 Å². The van der Waals surface area contributed by atoms with E-state index in [1.54, 1.807) is 0 Å². The molecule has 0 saturated heterocycles. The lowest BCUT2D eigenvalue weighted by atomic mass is 10.1. The Bertz CT molecular complexity index is 534. The van der Waals surface area contributed by atoms with E-state index in [9.17, 15) is 4.79 Å². The number of thiazole rings is 1. The molecule has 1 aromatic heterocycles. The number of anilines is 1. The second-order valence-corrected chi connectivity index (χ2v) is 5.03. The van der Waals surface area contributed by atoms with Crippen LogP contribution in [-0.4, -0.2) is 22.6 Å². The quantitative estimate of drug-likeness (QED) is 0.869. The Morgan fingerprint density at radius 3 is 2.72 bits per heavy atom. The number of hydrogen-bond acceptors (Lipinski definition) is 4. The van der Waals surface area contributed by atoms with Gasteiger partial charge in [0.25, 0.3) is 0 Å². The highest BCUT2D eigenvalue weighted by Gasteiger charge is 2.07. The van der Waals surface area contributed by atoms with Crippen molar-refractivity contribution >= 4 is 22.4 Å². The van der Waals surface area contributed by atoms with Gasteiger partial charge in [-0.25, -0.2) is 9.78 Å². The van der Waals surface area contributed by atoms with Crippen LogP contribution in [0.3, 0.4) is 0 Å². The molecule has 5 heteroatoms. The molecule has 2 aromatic rings. The number of carboxylic acids is 1. The summed E-state index contributed by atoms with van der Waals surface area (Å²) in [5.74, 6) is -0.931. The van der Waals surface area contributed by atoms with Gasteiger partial charge in [0.15, 0.2) is 5.13 Å². The third-order valence-corrected chi connectivity index (χ3v) is 3.47. The van der Waals surface area contributed by atoms with Crippen molar-refractivity contribution in [2.45, 2.75) is 13.3 Å². The van der Waals surface area contributed by atoms with Gasteiger partial charge in [-0.1, -0.05) is 41.2 Å². The Morgan fingerprint density at radius 2 is 2.11 bits per heavy atom. The molecule has 0 radical (unpaired) electrons. The maximum Gasteiger partial charge on any atom is 0.347 e. The summed E-state index contributed by atoms with van der Waals surface area (Å²) in [6, 6.07) is 8.37. The number of benzene rings is 1. The Hall–Kier alpha value is -1.88. The number of nitrogens with zero attached hydrogens (tertiary/aromatic N) is 1. The molecule has 1 heterocycles. The lowest BCUT2D eigenvalue weighted by Crippen LogP contribution is -2.04. The monoisotopic (exact) mass is 262 g/mol. The number of carbonyl (C=O) groups is 1. The van der Waals surface area contributed by atoms with Gasteiger partial charge in [0.2, 0.25) is 0 Å². The first-order valence-electron chi connectivity index (χ1n) is 5.63. The number of aryl methyl sites for hydroxylation is 1. The number of hydrogen-bond donors (Lipinski definition) is 2. The summed E-state index contributed by atoms with van der Waals surface area (Å²) in [6.07, 6.45) is 2.27. The molecule has 0 fully saturated rings. The van der Waals surface area contributed by atoms with Crippen molar-refractivity contribution < 1.29 is 9.90 Å². The zero-order chi connectivity index (χ0) is 13.0. The first-order chi connectivity index (χ1) is 8.65. The van der Waals surface area contributed by atoms with E-state index in [-0.39, 0.29) is 4.88 Å². The highest BCUT2D eigenvalue weighted by atomic mass is 32.1. The minimum atomic E-state index is -0.931. The molecule has 0 aliphatic carbocycles. The summed E-state index contributed by atoms with van der Waals surface area (Å²) < 4.78 is 0. The summed E-state index contributed by atoms with van der Waals surface area (Å²) in [5, 5.41) is 12.5. The molecule has 0 bridgehead atoms. The van der Waals surface area contributed by atoms with Crippen molar-refractivity contribution in [3.8, 4) is 0 Å². The van der Waals surface area contributed by atoms with Gasteiger partial charge in [-0.2, -0.15) is 0 Å². The fourth-order valence-corrected chi connectivity index (χ4v) is 2.20. The summed E-state index contributed by atoms with van der Waals surface area (Å²) in [5.41, 5.74) is 2.50. The summed E-state index contributed by atoms with van der Waals surface area (Å²) >= 11 is 1.16. The highest BCUT2D eigenvalue weighted by Crippen LogP contribution is 2.17.